The van der Waals surface area contributed by atoms with Crippen LogP contribution in [0.5, 0.6) is 5.75 Å². The van der Waals surface area contributed by atoms with Gasteiger partial charge in [0.05, 0.1) is 18.7 Å². The maximum Gasteiger partial charge on any atom is 0.303 e. The summed E-state index contributed by atoms with van der Waals surface area (Å²) in [7, 11) is 0. The van der Waals surface area contributed by atoms with Crippen molar-refractivity contribution in [1.29, 1.82) is 0 Å². The summed E-state index contributed by atoms with van der Waals surface area (Å²) >= 11 is 1.39. The number of amides is 1. The number of fused-ring (bicyclic) bond motifs is 1. The summed E-state index contributed by atoms with van der Waals surface area (Å²) in [5.74, 6) is -0.650. The standard InChI is InChI=1S/C24H23FN2O4S/c1-14-21(26-24(32-14)27-23(30)15-4-6-18(25)7-5-15)10-11-31-19-8-9-20-16(12-19)2-3-17(20)13-22(28)29/h4-9,12,17H,2-3,10-11,13H2,1H3,(H,28,29)(H,26,27,30)/t17-/m0/s1. The van der Waals surface area contributed by atoms with Crippen LogP contribution in [0.15, 0.2) is 42.5 Å². The van der Waals surface area contributed by atoms with E-state index in [0.29, 0.717) is 23.7 Å². The Bertz CT molecular complexity index is 1140. The van der Waals surface area contributed by atoms with Gasteiger partial charge in [-0.1, -0.05) is 6.07 Å². The van der Waals surface area contributed by atoms with Crippen molar-refractivity contribution < 1.29 is 23.8 Å². The smallest absolute Gasteiger partial charge is 0.303 e. The zero-order valence-electron chi connectivity index (χ0n) is 17.6. The number of hydrogen-bond donors (Lipinski definition) is 2. The number of benzene rings is 2. The van der Waals surface area contributed by atoms with E-state index in [2.05, 4.69) is 10.3 Å². The van der Waals surface area contributed by atoms with Crippen LogP contribution in [0.2, 0.25) is 0 Å². The Morgan fingerprint density at radius 2 is 2.03 bits per heavy atom. The third-order valence-electron chi connectivity index (χ3n) is 5.56. The Morgan fingerprint density at radius 1 is 1.25 bits per heavy atom. The van der Waals surface area contributed by atoms with Crippen molar-refractivity contribution in [3.8, 4) is 5.75 Å². The number of anilines is 1. The first-order chi connectivity index (χ1) is 15.4. The number of hydrogen-bond acceptors (Lipinski definition) is 5. The topological polar surface area (TPSA) is 88.5 Å². The maximum absolute atomic E-state index is 13.0. The van der Waals surface area contributed by atoms with Crippen LogP contribution >= 0.6 is 11.3 Å². The minimum Gasteiger partial charge on any atom is -0.493 e. The molecular weight excluding hydrogens is 431 g/mol. The summed E-state index contributed by atoms with van der Waals surface area (Å²) in [4.78, 5) is 28.8. The van der Waals surface area contributed by atoms with Crippen molar-refractivity contribution in [1.82, 2.24) is 4.98 Å². The zero-order valence-corrected chi connectivity index (χ0v) is 18.4. The van der Waals surface area contributed by atoms with E-state index in [0.717, 1.165) is 40.3 Å². The third-order valence-corrected chi connectivity index (χ3v) is 6.49. The Kier molecular flexibility index (Phi) is 6.50. The van der Waals surface area contributed by atoms with Crippen LogP contribution in [-0.2, 0) is 17.6 Å². The summed E-state index contributed by atoms with van der Waals surface area (Å²) in [5, 5.41) is 12.3. The summed E-state index contributed by atoms with van der Waals surface area (Å²) in [6.07, 6.45) is 2.48. The van der Waals surface area contributed by atoms with E-state index < -0.39 is 11.8 Å². The van der Waals surface area contributed by atoms with Crippen molar-refractivity contribution in [2.24, 2.45) is 0 Å². The third kappa shape index (κ3) is 5.13. The molecule has 1 aliphatic carbocycles. The van der Waals surface area contributed by atoms with Gasteiger partial charge in [0.15, 0.2) is 5.13 Å². The van der Waals surface area contributed by atoms with Gasteiger partial charge < -0.3 is 9.84 Å². The lowest BCUT2D eigenvalue weighted by Crippen LogP contribution is -2.11. The number of aryl methyl sites for hydroxylation is 2. The quantitative estimate of drug-likeness (QED) is 0.502. The first-order valence-electron chi connectivity index (χ1n) is 10.4. The number of nitrogens with zero attached hydrogens (tertiary/aromatic N) is 1. The molecule has 1 aliphatic rings. The molecule has 0 saturated heterocycles. The minimum absolute atomic E-state index is 0.0812. The van der Waals surface area contributed by atoms with Crippen molar-refractivity contribution in [3.63, 3.8) is 0 Å². The molecule has 0 spiro atoms. The van der Waals surface area contributed by atoms with Crippen LogP contribution in [0.1, 0.15) is 50.8 Å². The molecule has 0 fully saturated rings. The molecule has 1 aromatic heterocycles. The average molecular weight is 455 g/mol. The number of thiazole rings is 1. The first-order valence-corrected chi connectivity index (χ1v) is 11.2. The van der Waals surface area contributed by atoms with E-state index in [1.165, 1.54) is 35.6 Å². The van der Waals surface area contributed by atoms with Crippen LogP contribution < -0.4 is 10.1 Å². The zero-order chi connectivity index (χ0) is 22.7. The Labute approximate surface area is 189 Å². The summed E-state index contributed by atoms with van der Waals surface area (Å²) in [6, 6.07) is 11.2. The summed E-state index contributed by atoms with van der Waals surface area (Å²) in [5.41, 5.74) is 3.49. The van der Waals surface area contributed by atoms with Crippen molar-refractivity contribution in [2.45, 2.75) is 38.5 Å². The van der Waals surface area contributed by atoms with Gasteiger partial charge in [0, 0.05) is 16.9 Å². The Hall–Kier alpha value is -3.26. The second-order valence-corrected chi connectivity index (χ2v) is 8.98. The molecule has 8 heteroatoms. The number of aromatic nitrogens is 1. The number of carboxylic acid groups (broad SMARTS) is 1. The van der Waals surface area contributed by atoms with Crippen LogP contribution in [0.4, 0.5) is 9.52 Å². The largest absolute Gasteiger partial charge is 0.493 e. The molecule has 2 N–H and O–H groups in total. The normalized spacial score (nSPS) is 14.8. The molecule has 0 bridgehead atoms. The van der Waals surface area contributed by atoms with Gasteiger partial charge >= 0.3 is 5.97 Å². The van der Waals surface area contributed by atoms with Gasteiger partial charge in [-0.2, -0.15) is 0 Å². The molecule has 0 radical (unpaired) electrons. The van der Waals surface area contributed by atoms with E-state index in [4.69, 9.17) is 9.84 Å². The minimum atomic E-state index is -0.768. The van der Waals surface area contributed by atoms with Crippen molar-refractivity contribution in [3.05, 3.63) is 75.5 Å². The highest BCUT2D eigenvalue weighted by molar-refractivity contribution is 7.15. The molecule has 1 atom stereocenters. The molecule has 4 rings (SSSR count). The van der Waals surface area contributed by atoms with Crippen molar-refractivity contribution in [2.75, 3.05) is 11.9 Å². The van der Waals surface area contributed by atoms with Gasteiger partial charge in [-0.15, -0.1) is 11.3 Å². The average Bonchev–Trinajstić information content (AvgIpc) is 3.30. The molecule has 2 aromatic carbocycles. The monoisotopic (exact) mass is 454 g/mol. The molecular formula is C24H23FN2O4S. The highest BCUT2D eigenvalue weighted by Gasteiger charge is 2.25. The van der Waals surface area contributed by atoms with Gasteiger partial charge in [-0.25, -0.2) is 9.37 Å². The number of rotatable bonds is 8. The lowest BCUT2D eigenvalue weighted by atomic mass is 9.98. The van der Waals surface area contributed by atoms with Crippen LogP contribution in [0.25, 0.3) is 0 Å². The maximum atomic E-state index is 13.0. The van der Waals surface area contributed by atoms with E-state index in [1.807, 2.05) is 25.1 Å². The number of carboxylic acids is 1. The fraction of sp³-hybridized carbons (Fsp3) is 0.292. The number of carbonyl (C=O) groups is 2. The number of ether oxygens (including phenoxy) is 1. The van der Waals surface area contributed by atoms with Crippen molar-refractivity contribution >= 4 is 28.3 Å². The molecule has 3 aromatic rings. The summed E-state index contributed by atoms with van der Waals surface area (Å²) < 4.78 is 18.9. The van der Waals surface area contributed by atoms with E-state index in [9.17, 15) is 14.0 Å². The number of halogens is 1. The molecule has 6 nitrogen and oxygen atoms in total. The Balaban J connectivity index is 1.32. The van der Waals surface area contributed by atoms with Gasteiger partial charge in [0.1, 0.15) is 11.6 Å². The van der Waals surface area contributed by atoms with Crippen LogP contribution in [0, 0.1) is 12.7 Å². The molecule has 1 amide bonds. The highest BCUT2D eigenvalue weighted by Crippen LogP contribution is 2.37. The second-order valence-electron chi connectivity index (χ2n) is 7.78. The molecule has 166 valence electrons. The van der Waals surface area contributed by atoms with Crippen LogP contribution in [0.3, 0.4) is 0 Å². The van der Waals surface area contributed by atoms with E-state index in [1.54, 1.807) is 0 Å². The summed E-state index contributed by atoms with van der Waals surface area (Å²) in [6.45, 7) is 2.38. The lowest BCUT2D eigenvalue weighted by molar-refractivity contribution is -0.137. The predicted octanol–water partition coefficient (Wildman–Crippen LogP) is 4.97. The SMILES string of the molecule is Cc1sc(NC(=O)c2ccc(F)cc2)nc1CCOc1ccc2c(c1)CC[C@H]2CC(=O)O. The number of carbonyl (C=O) groups excluding carboxylic acids is 1. The highest BCUT2D eigenvalue weighted by atomic mass is 32.1. The number of nitrogens with one attached hydrogen (secondary N) is 1. The lowest BCUT2D eigenvalue weighted by Gasteiger charge is -2.10. The molecule has 0 aliphatic heterocycles. The predicted molar refractivity (Wildman–Crippen MR) is 120 cm³/mol. The van der Waals surface area contributed by atoms with Gasteiger partial charge in [-0.05, 0) is 73.2 Å². The van der Waals surface area contributed by atoms with Gasteiger partial charge in [0.25, 0.3) is 5.91 Å². The van der Waals surface area contributed by atoms with E-state index >= 15 is 0 Å². The Morgan fingerprint density at radius 3 is 2.78 bits per heavy atom. The van der Waals surface area contributed by atoms with Gasteiger partial charge in [0.2, 0.25) is 0 Å². The van der Waals surface area contributed by atoms with E-state index in [-0.39, 0.29) is 18.2 Å². The molecule has 0 saturated carbocycles. The molecule has 1 heterocycles. The van der Waals surface area contributed by atoms with Gasteiger partial charge in [-0.3, -0.25) is 14.9 Å². The molecule has 0 unspecified atom stereocenters. The second kappa shape index (κ2) is 9.48. The number of aliphatic carboxylic acids is 1. The van der Waals surface area contributed by atoms with Crippen LogP contribution in [-0.4, -0.2) is 28.6 Å². The first kappa shape index (κ1) is 22.0. The fourth-order valence-electron chi connectivity index (χ4n) is 3.94. The fourth-order valence-corrected chi connectivity index (χ4v) is 4.80. The molecule has 32 heavy (non-hydrogen) atoms.